The second-order valence-corrected chi connectivity index (χ2v) is 10.4. The molecule has 0 bridgehead atoms. The number of hydrogen-bond donors (Lipinski definition) is 1. The normalized spacial score (nSPS) is 20.1. The number of nitro benzene ring substituents is 1. The van der Waals surface area contributed by atoms with E-state index in [9.17, 15) is 24.8 Å². The Hall–Kier alpha value is -4.57. The molecule has 38 heavy (non-hydrogen) atoms. The van der Waals surface area contributed by atoms with Crippen molar-refractivity contribution in [2.45, 2.75) is 32.4 Å². The molecule has 2 atom stereocenters. The first-order valence-corrected chi connectivity index (χ1v) is 12.8. The number of hydrogen-bond acceptors (Lipinski definition) is 8. The molecule has 1 fully saturated rings. The number of thiazole rings is 1. The molecule has 0 spiro atoms. The molecule has 0 aliphatic carbocycles. The number of aryl methyl sites for hydroxylation is 1. The lowest BCUT2D eigenvalue weighted by Crippen LogP contribution is -2.29. The molecule has 10 heteroatoms. The van der Waals surface area contributed by atoms with Crippen molar-refractivity contribution in [1.29, 1.82) is 0 Å². The number of non-ortho nitro benzene ring substituents is 1. The second kappa shape index (κ2) is 8.77. The van der Waals surface area contributed by atoms with E-state index in [1.165, 1.54) is 40.5 Å². The number of anilines is 1. The van der Waals surface area contributed by atoms with Crippen LogP contribution in [-0.4, -0.2) is 32.8 Å². The van der Waals surface area contributed by atoms with Gasteiger partial charge in [0.05, 0.1) is 26.8 Å². The summed E-state index contributed by atoms with van der Waals surface area (Å²) in [5, 5.41) is 23.0. The van der Waals surface area contributed by atoms with Gasteiger partial charge in [0.25, 0.3) is 11.5 Å². The maximum atomic E-state index is 13.5. The number of amides is 1. The molecular formula is C28H21N3O6S. The molecule has 9 nitrogen and oxygen atoms in total. The Balaban J connectivity index is 1.53. The van der Waals surface area contributed by atoms with Crippen LogP contribution in [0, 0.1) is 17.0 Å². The lowest BCUT2D eigenvalue weighted by Gasteiger charge is -2.23. The molecule has 0 saturated carbocycles. The molecule has 6 rings (SSSR count). The number of fused-ring (bicyclic) bond motifs is 2. The molecule has 1 N–H and O–H groups in total. The Morgan fingerprint density at radius 1 is 1.13 bits per heavy atom. The van der Waals surface area contributed by atoms with Crippen LogP contribution in [0.1, 0.15) is 35.2 Å². The summed E-state index contributed by atoms with van der Waals surface area (Å²) in [5.74, 6) is -1.30. The lowest BCUT2D eigenvalue weighted by molar-refractivity contribution is -0.384. The van der Waals surface area contributed by atoms with Crippen LogP contribution in [0.25, 0.3) is 16.0 Å². The molecule has 2 aliphatic rings. The Labute approximate surface area is 220 Å². The molecule has 3 aromatic carbocycles. The van der Waals surface area contributed by atoms with Gasteiger partial charge in [-0.05, 0) is 73.0 Å². The van der Waals surface area contributed by atoms with Crippen LogP contribution in [0.5, 0.6) is 5.75 Å². The van der Waals surface area contributed by atoms with E-state index in [1.54, 1.807) is 18.2 Å². The fourth-order valence-corrected chi connectivity index (χ4v) is 6.06. The van der Waals surface area contributed by atoms with Gasteiger partial charge in [-0.3, -0.25) is 24.6 Å². The maximum Gasteiger partial charge on any atom is 0.301 e. The Kier molecular flexibility index (Phi) is 5.50. The number of aromatic nitrogens is 1. The van der Waals surface area contributed by atoms with E-state index >= 15 is 0 Å². The van der Waals surface area contributed by atoms with Crippen molar-refractivity contribution in [2.24, 2.45) is 0 Å². The number of nitrogens with zero attached hydrogens (tertiary/aromatic N) is 3. The molecule has 0 unspecified atom stereocenters. The third-order valence-electron chi connectivity index (χ3n) is 6.77. The highest BCUT2D eigenvalue weighted by Crippen LogP contribution is 2.45. The van der Waals surface area contributed by atoms with Gasteiger partial charge in [-0.25, -0.2) is 4.98 Å². The smallest absolute Gasteiger partial charge is 0.301 e. The molecule has 3 heterocycles. The highest BCUT2D eigenvalue weighted by Gasteiger charge is 2.48. The van der Waals surface area contributed by atoms with Gasteiger partial charge in [0.2, 0.25) is 0 Å². The van der Waals surface area contributed by atoms with E-state index in [0.717, 1.165) is 15.8 Å². The Morgan fingerprint density at radius 2 is 1.89 bits per heavy atom. The molecular weight excluding hydrogens is 506 g/mol. The third-order valence-corrected chi connectivity index (χ3v) is 7.79. The molecule has 1 aromatic heterocycles. The number of Topliss-reactive ketones (excluding diaryl/α,β-unsaturated/α-hetero) is 1. The zero-order chi connectivity index (χ0) is 26.7. The van der Waals surface area contributed by atoms with Crippen LogP contribution in [0.2, 0.25) is 0 Å². The van der Waals surface area contributed by atoms with Crippen molar-refractivity contribution >= 4 is 49.8 Å². The average Bonchev–Trinajstić information content (AvgIpc) is 3.55. The van der Waals surface area contributed by atoms with Gasteiger partial charge in [0, 0.05) is 24.1 Å². The first-order chi connectivity index (χ1) is 18.2. The van der Waals surface area contributed by atoms with Gasteiger partial charge in [-0.2, -0.15) is 0 Å². The summed E-state index contributed by atoms with van der Waals surface area (Å²) in [6.45, 7) is 3.89. The largest absolute Gasteiger partial charge is 0.507 e. The summed E-state index contributed by atoms with van der Waals surface area (Å²) in [4.78, 5) is 43.5. The zero-order valence-corrected chi connectivity index (χ0v) is 21.2. The summed E-state index contributed by atoms with van der Waals surface area (Å²) in [6.07, 6.45) is 0.651. The summed E-state index contributed by atoms with van der Waals surface area (Å²) in [5.41, 5.74) is 3.17. The minimum absolute atomic E-state index is 0.00393. The van der Waals surface area contributed by atoms with Crippen molar-refractivity contribution < 1.29 is 24.4 Å². The van der Waals surface area contributed by atoms with Crippen molar-refractivity contribution in [3.8, 4) is 5.75 Å². The van der Waals surface area contributed by atoms with Gasteiger partial charge in [-0.15, -0.1) is 0 Å². The number of ether oxygens (including phenoxy) is 1. The van der Waals surface area contributed by atoms with E-state index in [1.807, 2.05) is 32.0 Å². The van der Waals surface area contributed by atoms with Gasteiger partial charge < -0.3 is 9.84 Å². The average molecular weight is 528 g/mol. The van der Waals surface area contributed by atoms with Gasteiger partial charge in [0.15, 0.2) is 5.13 Å². The van der Waals surface area contributed by atoms with Crippen molar-refractivity contribution in [2.75, 3.05) is 4.90 Å². The second-order valence-electron chi connectivity index (χ2n) is 9.44. The fourth-order valence-electron chi connectivity index (χ4n) is 4.97. The summed E-state index contributed by atoms with van der Waals surface area (Å²) >= 11 is 1.26. The standard InChI is InChI=1S/C28H21N3O6S/c1-14-3-9-20-22(11-14)38-28(29-20)30-24(16-4-7-19(8-5-16)31(35)36)23(26(33)27(30)34)25(32)17-6-10-21-18(13-17)12-15(2)37-21/h3-11,13,15,24,32H,12H2,1-2H3/t15-,24-/m0/s1. The SMILES string of the molecule is Cc1ccc2nc(N3C(=O)C(=O)C(=C(O)c4ccc5c(c4)C[C@H](C)O5)[C@@H]3c3ccc([N+](=O)[O-])cc3)sc2c1. The van der Waals surface area contributed by atoms with Gasteiger partial charge >= 0.3 is 5.91 Å². The Bertz CT molecular complexity index is 1690. The van der Waals surface area contributed by atoms with Crippen molar-refractivity contribution in [1.82, 2.24) is 4.98 Å². The van der Waals surface area contributed by atoms with Crippen LogP contribution in [0.4, 0.5) is 10.8 Å². The molecule has 1 amide bonds. The topological polar surface area (TPSA) is 123 Å². The molecule has 4 aromatic rings. The molecule has 1 saturated heterocycles. The molecule has 0 radical (unpaired) electrons. The number of aliphatic hydroxyl groups excluding tert-OH is 1. The highest BCUT2D eigenvalue weighted by molar-refractivity contribution is 7.22. The number of ketones is 1. The number of rotatable bonds is 4. The quantitative estimate of drug-likeness (QED) is 0.123. The first kappa shape index (κ1) is 23.8. The number of aliphatic hydroxyl groups is 1. The van der Waals surface area contributed by atoms with Gasteiger partial charge in [-0.1, -0.05) is 17.4 Å². The van der Waals surface area contributed by atoms with E-state index in [2.05, 4.69) is 4.98 Å². The van der Waals surface area contributed by atoms with E-state index in [4.69, 9.17) is 4.74 Å². The highest BCUT2D eigenvalue weighted by atomic mass is 32.1. The van der Waals surface area contributed by atoms with Crippen LogP contribution < -0.4 is 9.64 Å². The van der Waals surface area contributed by atoms with Crippen LogP contribution >= 0.6 is 11.3 Å². The van der Waals surface area contributed by atoms with Crippen LogP contribution in [0.3, 0.4) is 0 Å². The van der Waals surface area contributed by atoms with Crippen molar-refractivity contribution in [3.63, 3.8) is 0 Å². The molecule has 190 valence electrons. The Morgan fingerprint density at radius 3 is 2.63 bits per heavy atom. The summed E-state index contributed by atoms with van der Waals surface area (Å²) in [7, 11) is 0. The van der Waals surface area contributed by atoms with Crippen LogP contribution in [0.15, 0.2) is 66.2 Å². The minimum atomic E-state index is -1.03. The number of carbonyl (C=O) groups excluding carboxylic acids is 2. The van der Waals surface area contributed by atoms with Crippen LogP contribution in [-0.2, 0) is 16.0 Å². The monoisotopic (exact) mass is 527 g/mol. The van der Waals surface area contributed by atoms with Gasteiger partial charge in [0.1, 0.15) is 17.6 Å². The minimum Gasteiger partial charge on any atom is -0.507 e. The number of carbonyl (C=O) groups is 2. The third kappa shape index (κ3) is 3.81. The zero-order valence-electron chi connectivity index (χ0n) is 20.4. The summed E-state index contributed by atoms with van der Waals surface area (Å²) < 4.78 is 6.59. The maximum absolute atomic E-state index is 13.5. The predicted molar refractivity (Wildman–Crippen MR) is 142 cm³/mol. The van der Waals surface area contributed by atoms with E-state index in [-0.39, 0.29) is 23.1 Å². The summed E-state index contributed by atoms with van der Waals surface area (Å²) in [6, 6.07) is 15.4. The van der Waals surface area contributed by atoms with E-state index < -0.39 is 22.7 Å². The number of benzene rings is 3. The molecule has 2 aliphatic heterocycles. The predicted octanol–water partition coefficient (Wildman–Crippen LogP) is 5.46. The van der Waals surface area contributed by atoms with Crippen molar-refractivity contribution in [3.05, 3.63) is 98.6 Å². The van der Waals surface area contributed by atoms with E-state index in [0.29, 0.717) is 33.9 Å². The lowest BCUT2D eigenvalue weighted by atomic mass is 9.94. The fraction of sp³-hybridized carbons (Fsp3) is 0.179. The number of nitro groups is 1. The first-order valence-electron chi connectivity index (χ1n) is 11.9.